The molecular weight excluding hydrogens is 252 g/mol. The van der Waals surface area contributed by atoms with Gasteiger partial charge in [0.05, 0.1) is 0 Å². The van der Waals surface area contributed by atoms with Crippen molar-refractivity contribution in [3.8, 4) is 0 Å². The number of benzene rings is 1. The number of nitrogens with one attached hydrogen (secondary N) is 1. The van der Waals surface area contributed by atoms with Crippen LogP contribution in [0.2, 0.25) is 0 Å². The molecule has 1 amide bonds. The SMILES string of the molecule is CCNC1CC12CCN(C(=O)OCc1ccccc1)C2. The fourth-order valence-electron chi connectivity index (χ4n) is 3.20. The Kier molecular flexibility index (Phi) is 3.66. The molecule has 0 aromatic heterocycles. The molecule has 1 aromatic carbocycles. The van der Waals surface area contributed by atoms with Gasteiger partial charge in [-0.1, -0.05) is 37.3 Å². The minimum Gasteiger partial charge on any atom is -0.445 e. The zero-order valence-corrected chi connectivity index (χ0v) is 12.0. The maximum Gasteiger partial charge on any atom is 0.410 e. The van der Waals surface area contributed by atoms with E-state index >= 15 is 0 Å². The van der Waals surface area contributed by atoms with Crippen LogP contribution in [0.3, 0.4) is 0 Å². The monoisotopic (exact) mass is 274 g/mol. The molecule has 1 N–H and O–H groups in total. The number of carbonyl (C=O) groups is 1. The van der Waals surface area contributed by atoms with Crippen molar-refractivity contribution in [3.05, 3.63) is 35.9 Å². The van der Waals surface area contributed by atoms with E-state index in [1.165, 1.54) is 6.42 Å². The zero-order valence-electron chi connectivity index (χ0n) is 12.0. The quantitative estimate of drug-likeness (QED) is 0.916. The highest BCUT2D eigenvalue weighted by molar-refractivity contribution is 5.68. The predicted molar refractivity (Wildman–Crippen MR) is 77.3 cm³/mol. The molecule has 1 aromatic rings. The number of amides is 1. The number of carbonyl (C=O) groups excluding carboxylic acids is 1. The lowest BCUT2D eigenvalue weighted by atomic mass is 10.1. The summed E-state index contributed by atoms with van der Waals surface area (Å²) in [5, 5.41) is 3.49. The summed E-state index contributed by atoms with van der Waals surface area (Å²) in [6.07, 6.45) is 2.13. The van der Waals surface area contributed by atoms with Gasteiger partial charge in [-0.25, -0.2) is 4.79 Å². The van der Waals surface area contributed by atoms with Gasteiger partial charge in [-0.2, -0.15) is 0 Å². The average molecular weight is 274 g/mol. The summed E-state index contributed by atoms with van der Waals surface area (Å²) in [5.41, 5.74) is 1.37. The molecule has 0 bridgehead atoms. The molecule has 4 nitrogen and oxygen atoms in total. The number of hydrogen-bond donors (Lipinski definition) is 1. The maximum absolute atomic E-state index is 12.1. The van der Waals surface area contributed by atoms with Crippen LogP contribution in [0.1, 0.15) is 25.3 Å². The van der Waals surface area contributed by atoms with Gasteiger partial charge in [0.2, 0.25) is 0 Å². The molecular formula is C16H22N2O2. The molecule has 1 spiro atoms. The summed E-state index contributed by atoms with van der Waals surface area (Å²) < 4.78 is 5.39. The first kappa shape index (κ1) is 13.4. The van der Waals surface area contributed by atoms with E-state index in [0.29, 0.717) is 18.1 Å². The topological polar surface area (TPSA) is 41.6 Å². The Hall–Kier alpha value is -1.55. The van der Waals surface area contributed by atoms with Crippen LogP contribution in [-0.2, 0) is 11.3 Å². The lowest BCUT2D eigenvalue weighted by molar-refractivity contribution is 0.102. The fourth-order valence-corrected chi connectivity index (χ4v) is 3.20. The van der Waals surface area contributed by atoms with Crippen LogP contribution in [0.15, 0.2) is 30.3 Å². The number of hydrogen-bond acceptors (Lipinski definition) is 3. The van der Waals surface area contributed by atoms with E-state index < -0.39 is 0 Å². The van der Waals surface area contributed by atoms with Gasteiger partial charge in [-0.3, -0.25) is 0 Å². The van der Waals surface area contributed by atoms with Crippen LogP contribution in [0, 0.1) is 5.41 Å². The van der Waals surface area contributed by atoms with Crippen LogP contribution in [0.25, 0.3) is 0 Å². The minimum absolute atomic E-state index is 0.173. The zero-order chi connectivity index (χ0) is 14.0. The molecule has 0 radical (unpaired) electrons. The molecule has 1 saturated carbocycles. The molecule has 1 aliphatic carbocycles. The molecule has 2 aliphatic rings. The van der Waals surface area contributed by atoms with E-state index in [4.69, 9.17) is 4.74 Å². The Morgan fingerprint density at radius 2 is 2.25 bits per heavy atom. The van der Waals surface area contributed by atoms with Gasteiger partial charge in [0, 0.05) is 24.5 Å². The van der Waals surface area contributed by atoms with Gasteiger partial charge in [-0.15, -0.1) is 0 Å². The van der Waals surface area contributed by atoms with Crippen molar-refractivity contribution in [2.45, 2.75) is 32.4 Å². The lowest BCUT2D eigenvalue weighted by Crippen LogP contribution is -2.31. The molecule has 1 heterocycles. The number of rotatable bonds is 4. The summed E-state index contributed by atoms with van der Waals surface area (Å²) in [6.45, 7) is 5.17. The van der Waals surface area contributed by atoms with Gasteiger partial charge >= 0.3 is 6.09 Å². The molecule has 1 saturated heterocycles. The first-order valence-electron chi connectivity index (χ1n) is 7.42. The number of ether oxygens (including phenoxy) is 1. The standard InChI is InChI=1S/C16H22N2O2/c1-2-17-14-10-16(14)8-9-18(12-16)15(19)20-11-13-6-4-3-5-7-13/h3-7,14,17H,2,8-12H2,1H3. The molecule has 108 valence electrons. The van der Waals surface area contributed by atoms with Crippen LogP contribution < -0.4 is 5.32 Å². The first-order chi connectivity index (χ1) is 9.73. The van der Waals surface area contributed by atoms with Gasteiger partial charge < -0.3 is 15.0 Å². The van der Waals surface area contributed by atoms with E-state index in [-0.39, 0.29) is 6.09 Å². The van der Waals surface area contributed by atoms with E-state index in [0.717, 1.165) is 31.6 Å². The van der Waals surface area contributed by atoms with Crippen molar-refractivity contribution in [3.63, 3.8) is 0 Å². The lowest BCUT2D eigenvalue weighted by Gasteiger charge is -2.16. The van der Waals surface area contributed by atoms with Crippen LogP contribution >= 0.6 is 0 Å². The van der Waals surface area contributed by atoms with Crippen molar-refractivity contribution in [1.29, 1.82) is 0 Å². The van der Waals surface area contributed by atoms with E-state index in [1.807, 2.05) is 35.2 Å². The third-order valence-corrected chi connectivity index (χ3v) is 4.49. The Morgan fingerprint density at radius 1 is 1.45 bits per heavy atom. The second-order valence-corrected chi connectivity index (χ2v) is 5.89. The molecule has 2 atom stereocenters. The maximum atomic E-state index is 12.1. The van der Waals surface area contributed by atoms with Crippen molar-refractivity contribution < 1.29 is 9.53 Å². The Labute approximate surface area is 120 Å². The Balaban J connectivity index is 1.48. The summed E-state index contributed by atoms with van der Waals surface area (Å²) in [5.74, 6) is 0. The third-order valence-electron chi connectivity index (χ3n) is 4.49. The second kappa shape index (κ2) is 5.44. The van der Waals surface area contributed by atoms with Gasteiger partial charge in [0.15, 0.2) is 0 Å². The summed E-state index contributed by atoms with van der Waals surface area (Å²) in [6, 6.07) is 10.4. The fraction of sp³-hybridized carbons (Fsp3) is 0.562. The smallest absolute Gasteiger partial charge is 0.410 e. The minimum atomic E-state index is -0.173. The van der Waals surface area contributed by atoms with Crippen molar-refractivity contribution in [2.75, 3.05) is 19.6 Å². The highest BCUT2D eigenvalue weighted by Gasteiger charge is 2.57. The predicted octanol–water partition coefficient (Wildman–Crippen LogP) is 2.40. The molecule has 4 heteroatoms. The third kappa shape index (κ3) is 2.66. The average Bonchev–Trinajstić information content (AvgIpc) is 2.95. The van der Waals surface area contributed by atoms with E-state index in [1.54, 1.807) is 0 Å². The number of nitrogens with zero attached hydrogens (tertiary/aromatic N) is 1. The van der Waals surface area contributed by atoms with Gasteiger partial charge in [0.25, 0.3) is 0 Å². The number of likely N-dealkylation sites (tertiary alicyclic amines) is 1. The molecule has 1 aliphatic heterocycles. The van der Waals surface area contributed by atoms with Crippen LogP contribution in [0.4, 0.5) is 4.79 Å². The van der Waals surface area contributed by atoms with E-state index in [2.05, 4.69) is 12.2 Å². The van der Waals surface area contributed by atoms with Crippen LogP contribution in [-0.4, -0.2) is 36.7 Å². The first-order valence-corrected chi connectivity index (χ1v) is 7.42. The second-order valence-electron chi connectivity index (χ2n) is 5.89. The largest absolute Gasteiger partial charge is 0.445 e. The normalized spacial score (nSPS) is 27.9. The summed E-state index contributed by atoms with van der Waals surface area (Å²) in [7, 11) is 0. The Morgan fingerprint density at radius 3 is 3.00 bits per heavy atom. The molecule has 20 heavy (non-hydrogen) atoms. The van der Waals surface area contributed by atoms with Crippen molar-refractivity contribution in [2.24, 2.45) is 5.41 Å². The molecule has 2 unspecified atom stereocenters. The highest BCUT2D eigenvalue weighted by Crippen LogP contribution is 2.52. The molecule has 3 rings (SSSR count). The van der Waals surface area contributed by atoms with E-state index in [9.17, 15) is 4.79 Å². The van der Waals surface area contributed by atoms with Crippen molar-refractivity contribution >= 4 is 6.09 Å². The highest BCUT2D eigenvalue weighted by atomic mass is 16.6. The van der Waals surface area contributed by atoms with Gasteiger partial charge in [0.1, 0.15) is 6.61 Å². The summed E-state index contributed by atoms with van der Waals surface area (Å²) >= 11 is 0. The van der Waals surface area contributed by atoms with Crippen molar-refractivity contribution in [1.82, 2.24) is 10.2 Å². The Bertz CT molecular complexity index is 477. The van der Waals surface area contributed by atoms with Gasteiger partial charge in [-0.05, 0) is 24.9 Å². The van der Waals surface area contributed by atoms with Crippen LogP contribution in [0.5, 0.6) is 0 Å². The summed E-state index contributed by atoms with van der Waals surface area (Å²) in [4.78, 5) is 13.9. The molecule has 2 fully saturated rings.